The summed E-state index contributed by atoms with van der Waals surface area (Å²) < 4.78 is 39.6. The molecule has 0 aromatic heterocycles. The lowest BCUT2D eigenvalue weighted by Gasteiger charge is -2.22. The molecule has 1 aliphatic rings. The molecule has 1 aliphatic heterocycles. The lowest BCUT2D eigenvalue weighted by Crippen LogP contribution is -2.27. The quantitative estimate of drug-likeness (QED) is 0.645. The molecule has 0 spiro atoms. The molecule has 0 saturated heterocycles. The van der Waals surface area contributed by atoms with E-state index < -0.39 is 27.9 Å². The standard InChI is InChI=1S/C21H22FN3O5S/c1-31(29,30)24-15-11-9-14(10-12-15)18-13-19(16-5-2-3-6-17(16)22)25(23-18)20(26)7-4-8-21(27)28/h2-3,5-6,9-12,19,24H,4,7-8,13H2,1H3,(H,27,28)/t19-/m0/s1. The van der Waals surface area contributed by atoms with Crippen molar-refractivity contribution in [2.45, 2.75) is 31.7 Å². The van der Waals surface area contributed by atoms with Crippen LogP contribution in [0.25, 0.3) is 0 Å². The van der Waals surface area contributed by atoms with Gasteiger partial charge in [0.25, 0.3) is 0 Å². The van der Waals surface area contributed by atoms with Crippen LogP contribution in [0.4, 0.5) is 10.1 Å². The van der Waals surface area contributed by atoms with Crippen molar-refractivity contribution in [2.75, 3.05) is 11.0 Å². The Morgan fingerprint density at radius 2 is 1.84 bits per heavy atom. The average molecular weight is 447 g/mol. The van der Waals surface area contributed by atoms with Gasteiger partial charge < -0.3 is 5.11 Å². The molecule has 2 aromatic carbocycles. The first-order chi connectivity index (χ1) is 14.6. The summed E-state index contributed by atoms with van der Waals surface area (Å²) in [7, 11) is -3.41. The van der Waals surface area contributed by atoms with Crippen LogP contribution in [0.1, 0.15) is 42.9 Å². The van der Waals surface area contributed by atoms with Crippen molar-refractivity contribution in [3.05, 3.63) is 65.5 Å². The van der Waals surface area contributed by atoms with E-state index in [4.69, 9.17) is 5.11 Å². The number of anilines is 1. The fourth-order valence-electron chi connectivity index (χ4n) is 3.35. The normalized spacial score (nSPS) is 16.1. The summed E-state index contributed by atoms with van der Waals surface area (Å²) in [5.41, 5.74) is 1.92. The maximum Gasteiger partial charge on any atom is 0.303 e. The third kappa shape index (κ3) is 5.88. The monoisotopic (exact) mass is 447 g/mol. The van der Waals surface area contributed by atoms with Crippen LogP contribution >= 0.6 is 0 Å². The van der Waals surface area contributed by atoms with Gasteiger partial charge in [-0.25, -0.2) is 17.8 Å². The molecule has 0 saturated carbocycles. The lowest BCUT2D eigenvalue weighted by molar-refractivity contribution is -0.137. The number of halogens is 1. The highest BCUT2D eigenvalue weighted by molar-refractivity contribution is 7.92. The zero-order valence-corrected chi connectivity index (χ0v) is 17.6. The highest BCUT2D eigenvalue weighted by atomic mass is 32.2. The summed E-state index contributed by atoms with van der Waals surface area (Å²) in [6.45, 7) is 0. The van der Waals surface area contributed by atoms with Gasteiger partial charge in [-0.2, -0.15) is 5.10 Å². The Bertz CT molecular complexity index is 1120. The van der Waals surface area contributed by atoms with E-state index in [0.29, 0.717) is 22.5 Å². The summed E-state index contributed by atoms with van der Waals surface area (Å²) in [6, 6.07) is 12.0. The lowest BCUT2D eigenvalue weighted by atomic mass is 9.97. The molecule has 10 heteroatoms. The largest absolute Gasteiger partial charge is 0.481 e. The van der Waals surface area contributed by atoms with Crippen molar-refractivity contribution in [3.8, 4) is 0 Å². The van der Waals surface area contributed by atoms with E-state index in [2.05, 4.69) is 9.82 Å². The molecule has 31 heavy (non-hydrogen) atoms. The third-order valence-electron chi connectivity index (χ3n) is 4.73. The van der Waals surface area contributed by atoms with Crippen molar-refractivity contribution in [1.82, 2.24) is 5.01 Å². The van der Waals surface area contributed by atoms with E-state index in [1.54, 1.807) is 42.5 Å². The first-order valence-corrected chi connectivity index (χ1v) is 11.5. The molecule has 0 aliphatic carbocycles. The molecule has 1 heterocycles. The minimum atomic E-state index is -3.41. The average Bonchev–Trinajstić information content (AvgIpc) is 3.12. The van der Waals surface area contributed by atoms with Crippen LogP contribution in [0.2, 0.25) is 0 Å². The van der Waals surface area contributed by atoms with E-state index in [1.165, 1.54) is 11.1 Å². The molecule has 1 amide bonds. The number of nitrogens with one attached hydrogen (secondary N) is 1. The molecule has 2 aromatic rings. The van der Waals surface area contributed by atoms with Crippen molar-refractivity contribution in [2.24, 2.45) is 5.10 Å². The molecule has 0 radical (unpaired) electrons. The van der Waals surface area contributed by atoms with E-state index in [-0.39, 0.29) is 31.6 Å². The van der Waals surface area contributed by atoms with Crippen LogP contribution in [0, 0.1) is 5.82 Å². The van der Waals surface area contributed by atoms with E-state index in [1.807, 2.05) is 0 Å². The zero-order chi connectivity index (χ0) is 22.6. The van der Waals surface area contributed by atoms with E-state index in [0.717, 1.165) is 6.26 Å². The van der Waals surface area contributed by atoms with Crippen molar-refractivity contribution >= 4 is 33.3 Å². The highest BCUT2D eigenvalue weighted by Gasteiger charge is 2.34. The fraction of sp³-hybridized carbons (Fsp3) is 0.286. The number of hydrogen-bond acceptors (Lipinski definition) is 5. The number of sulfonamides is 1. The topological polar surface area (TPSA) is 116 Å². The Morgan fingerprint density at radius 1 is 1.16 bits per heavy atom. The predicted molar refractivity (Wildman–Crippen MR) is 114 cm³/mol. The second-order valence-corrected chi connectivity index (χ2v) is 8.97. The number of carboxylic acids is 1. The smallest absolute Gasteiger partial charge is 0.303 e. The Balaban J connectivity index is 1.86. The van der Waals surface area contributed by atoms with Gasteiger partial charge in [-0.15, -0.1) is 0 Å². The molecule has 0 unspecified atom stereocenters. The number of carbonyl (C=O) groups is 2. The second kappa shape index (κ2) is 9.25. The fourth-order valence-corrected chi connectivity index (χ4v) is 3.92. The van der Waals surface area contributed by atoms with Crippen LogP contribution in [-0.4, -0.2) is 42.4 Å². The Morgan fingerprint density at radius 3 is 2.45 bits per heavy atom. The molecular formula is C21H22FN3O5S. The number of aliphatic carboxylic acids is 1. The molecule has 164 valence electrons. The van der Waals surface area contributed by atoms with E-state index in [9.17, 15) is 22.4 Å². The minimum absolute atomic E-state index is 0.0226. The Labute approximate surface area is 179 Å². The van der Waals surface area contributed by atoms with Crippen LogP contribution in [-0.2, 0) is 19.6 Å². The Kier molecular flexibility index (Phi) is 6.69. The van der Waals surface area contributed by atoms with Crippen LogP contribution in [0.3, 0.4) is 0 Å². The maximum atomic E-state index is 14.4. The first kappa shape index (κ1) is 22.4. The van der Waals surface area contributed by atoms with Gasteiger partial charge in [0.15, 0.2) is 0 Å². The highest BCUT2D eigenvalue weighted by Crippen LogP contribution is 2.35. The molecule has 3 rings (SSSR count). The van der Waals surface area contributed by atoms with Gasteiger partial charge >= 0.3 is 5.97 Å². The third-order valence-corrected chi connectivity index (χ3v) is 5.34. The number of hydrogen-bond donors (Lipinski definition) is 2. The van der Waals surface area contributed by atoms with Crippen molar-refractivity contribution in [3.63, 3.8) is 0 Å². The molecule has 8 nitrogen and oxygen atoms in total. The van der Waals surface area contributed by atoms with Crippen LogP contribution in [0.15, 0.2) is 53.6 Å². The van der Waals surface area contributed by atoms with Gasteiger partial charge in [0.05, 0.1) is 18.0 Å². The number of rotatable bonds is 8. The molecular weight excluding hydrogens is 425 g/mol. The van der Waals surface area contributed by atoms with Gasteiger partial charge in [-0.05, 0) is 30.2 Å². The number of amides is 1. The van der Waals surface area contributed by atoms with Gasteiger partial charge in [0, 0.05) is 30.5 Å². The van der Waals surface area contributed by atoms with Crippen LogP contribution < -0.4 is 4.72 Å². The number of nitrogens with zero attached hydrogens (tertiary/aromatic N) is 2. The maximum absolute atomic E-state index is 14.4. The van der Waals surface area contributed by atoms with Crippen molar-refractivity contribution in [1.29, 1.82) is 0 Å². The Hall–Kier alpha value is -3.27. The first-order valence-electron chi connectivity index (χ1n) is 9.58. The summed E-state index contributed by atoms with van der Waals surface area (Å²) >= 11 is 0. The van der Waals surface area contributed by atoms with E-state index >= 15 is 0 Å². The minimum Gasteiger partial charge on any atom is -0.481 e. The summed E-state index contributed by atoms with van der Waals surface area (Å²) in [4.78, 5) is 23.5. The van der Waals surface area contributed by atoms with Gasteiger partial charge in [0.1, 0.15) is 5.82 Å². The number of carboxylic acid groups (broad SMARTS) is 1. The summed E-state index contributed by atoms with van der Waals surface area (Å²) in [5, 5.41) is 14.4. The van der Waals surface area contributed by atoms with Crippen molar-refractivity contribution < 1.29 is 27.5 Å². The molecule has 1 atom stereocenters. The summed E-state index contributed by atoms with van der Waals surface area (Å²) in [6.07, 6.45) is 1.31. The molecule has 2 N–H and O–H groups in total. The summed E-state index contributed by atoms with van der Waals surface area (Å²) in [5.74, 6) is -1.84. The molecule has 0 fully saturated rings. The molecule has 0 bridgehead atoms. The predicted octanol–water partition coefficient (Wildman–Crippen LogP) is 3.13. The number of benzene rings is 2. The van der Waals surface area contributed by atoms with Gasteiger partial charge in [-0.1, -0.05) is 30.3 Å². The second-order valence-electron chi connectivity index (χ2n) is 7.23. The number of carbonyl (C=O) groups excluding carboxylic acids is 1. The van der Waals surface area contributed by atoms with Crippen LogP contribution in [0.5, 0.6) is 0 Å². The van der Waals surface area contributed by atoms with Gasteiger partial charge in [-0.3, -0.25) is 14.3 Å². The zero-order valence-electron chi connectivity index (χ0n) is 16.8. The SMILES string of the molecule is CS(=O)(=O)Nc1ccc(C2=NN(C(=O)CCCC(=O)O)[C@H](c3ccccc3F)C2)cc1. The van der Waals surface area contributed by atoms with Gasteiger partial charge in [0.2, 0.25) is 15.9 Å². The number of hydrazone groups is 1.